The van der Waals surface area contributed by atoms with E-state index in [1.807, 2.05) is 13.0 Å². The first kappa shape index (κ1) is 20.9. The van der Waals surface area contributed by atoms with Gasteiger partial charge in [-0.2, -0.15) is 0 Å². The highest BCUT2D eigenvalue weighted by atomic mass is 16.7. The van der Waals surface area contributed by atoms with Gasteiger partial charge in [0, 0.05) is 12.1 Å². The molecule has 0 spiro atoms. The quantitative estimate of drug-likeness (QED) is 0.558. The third-order valence-corrected chi connectivity index (χ3v) is 6.34. The third kappa shape index (κ3) is 4.87. The van der Waals surface area contributed by atoms with Gasteiger partial charge in [-0.05, 0) is 44.4 Å². The Kier molecular flexibility index (Phi) is 6.74. The largest absolute Gasteiger partial charge is 0.464 e. The maximum absolute atomic E-state index is 12.9. The Morgan fingerprint density at radius 1 is 1.10 bits per heavy atom. The van der Waals surface area contributed by atoms with E-state index < -0.39 is 6.04 Å². The molecule has 0 radical (unpaired) electrons. The number of ether oxygens (including phenoxy) is 3. The number of hydrogen-bond donors (Lipinski definition) is 2. The fraction of sp³-hybridized carbons (Fsp3) is 0.636. The number of carbonyl (C=O) groups is 2. The van der Waals surface area contributed by atoms with Gasteiger partial charge in [0.15, 0.2) is 18.0 Å². The number of piperazine rings is 1. The molecule has 0 saturated carbocycles. The van der Waals surface area contributed by atoms with Crippen molar-refractivity contribution < 1.29 is 33.6 Å². The van der Waals surface area contributed by atoms with Crippen molar-refractivity contribution in [3.05, 3.63) is 23.8 Å². The smallest absolute Gasteiger partial charge is 0.328 e. The molecule has 0 unspecified atom stereocenters. The summed E-state index contributed by atoms with van der Waals surface area (Å²) in [4.78, 5) is 29.8. The molecule has 3 aliphatic rings. The summed E-state index contributed by atoms with van der Waals surface area (Å²) < 4.78 is 16.1. The lowest BCUT2D eigenvalue weighted by molar-refractivity contribution is -1.02. The number of nitrogens with zero attached hydrogens (tertiary/aromatic N) is 1. The zero-order chi connectivity index (χ0) is 20.9. The highest BCUT2D eigenvalue weighted by molar-refractivity contribution is 5.85. The lowest BCUT2D eigenvalue weighted by Crippen LogP contribution is -3.28. The summed E-state index contributed by atoms with van der Waals surface area (Å²) in [7, 11) is 0. The van der Waals surface area contributed by atoms with Crippen molar-refractivity contribution in [2.24, 2.45) is 0 Å². The Hall–Kier alpha value is -2.32. The molecule has 2 N–H and O–H groups in total. The summed E-state index contributed by atoms with van der Waals surface area (Å²) in [6.45, 7) is 8.53. The number of hydrogen-bond acceptors (Lipinski definition) is 5. The number of esters is 1. The van der Waals surface area contributed by atoms with Crippen LogP contribution >= 0.6 is 0 Å². The average molecular weight is 420 g/mol. The molecule has 2 saturated heterocycles. The predicted octanol–water partition coefficient (Wildman–Crippen LogP) is -1.36. The summed E-state index contributed by atoms with van der Waals surface area (Å²) in [5.41, 5.74) is 1.25. The van der Waals surface area contributed by atoms with Gasteiger partial charge in [-0.25, -0.2) is 4.79 Å². The SMILES string of the molecule is CCOC(=O)[C@H]1CCCCN1C(=O)C[NH+]1CC[NH+](Cc2ccc3c(c2)OCO3)CC1. The molecule has 1 aromatic carbocycles. The maximum atomic E-state index is 12.9. The van der Waals surface area contributed by atoms with Gasteiger partial charge in [-0.3, -0.25) is 4.79 Å². The first-order valence-electron chi connectivity index (χ1n) is 11.2. The topological polar surface area (TPSA) is 74.0 Å². The third-order valence-electron chi connectivity index (χ3n) is 6.34. The molecule has 4 rings (SSSR count). The second-order valence-corrected chi connectivity index (χ2v) is 8.39. The Morgan fingerprint density at radius 3 is 2.67 bits per heavy atom. The molecule has 8 nitrogen and oxygen atoms in total. The zero-order valence-electron chi connectivity index (χ0n) is 17.8. The Balaban J connectivity index is 1.26. The van der Waals surface area contributed by atoms with Crippen LogP contribution in [0, 0.1) is 0 Å². The molecule has 1 aromatic rings. The Morgan fingerprint density at radius 2 is 1.87 bits per heavy atom. The van der Waals surface area contributed by atoms with E-state index in [1.165, 1.54) is 15.4 Å². The van der Waals surface area contributed by atoms with E-state index in [0.717, 1.165) is 57.1 Å². The van der Waals surface area contributed by atoms with E-state index in [-0.39, 0.29) is 11.9 Å². The van der Waals surface area contributed by atoms with Crippen molar-refractivity contribution in [2.45, 2.75) is 38.8 Å². The van der Waals surface area contributed by atoms with Crippen LogP contribution in [0.4, 0.5) is 0 Å². The summed E-state index contributed by atoms with van der Waals surface area (Å²) in [6, 6.07) is 5.76. The molecule has 2 fully saturated rings. The van der Waals surface area contributed by atoms with Crippen LogP contribution in [0.1, 0.15) is 31.7 Å². The van der Waals surface area contributed by atoms with Crippen LogP contribution in [0.3, 0.4) is 0 Å². The Bertz CT molecular complexity index is 763. The molecule has 1 amide bonds. The van der Waals surface area contributed by atoms with Gasteiger partial charge < -0.3 is 28.9 Å². The fourth-order valence-electron chi connectivity index (χ4n) is 4.68. The molecule has 0 bridgehead atoms. The molecule has 8 heteroatoms. The normalized spacial score (nSPS) is 25.8. The highest BCUT2D eigenvalue weighted by Crippen LogP contribution is 2.32. The van der Waals surface area contributed by atoms with Crippen molar-refractivity contribution in [1.29, 1.82) is 0 Å². The molecule has 164 valence electrons. The summed E-state index contributed by atoms with van der Waals surface area (Å²) in [5, 5.41) is 0. The molecule has 3 heterocycles. The summed E-state index contributed by atoms with van der Waals surface area (Å²) in [6.07, 6.45) is 2.65. The van der Waals surface area contributed by atoms with Gasteiger partial charge in [0.1, 0.15) is 38.8 Å². The molecular formula is C22H33N3O5+2. The van der Waals surface area contributed by atoms with E-state index in [9.17, 15) is 9.59 Å². The second kappa shape index (κ2) is 9.66. The number of quaternary nitrogens is 2. The number of rotatable bonds is 6. The summed E-state index contributed by atoms with van der Waals surface area (Å²) in [5.74, 6) is 1.49. The van der Waals surface area contributed by atoms with Gasteiger partial charge in [-0.15, -0.1) is 0 Å². The van der Waals surface area contributed by atoms with Crippen LogP contribution in [-0.4, -0.2) is 75.5 Å². The average Bonchev–Trinajstić information content (AvgIpc) is 3.23. The monoisotopic (exact) mass is 419 g/mol. The van der Waals surface area contributed by atoms with Crippen molar-refractivity contribution in [2.75, 3.05) is 52.7 Å². The minimum Gasteiger partial charge on any atom is -0.464 e. The number of benzene rings is 1. The van der Waals surface area contributed by atoms with Crippen molar-refractivity contribution in [3.8, 4) is 11.5 Å². The molecule has 30 heavy (non-hydrogen) atoms. The molecule has 1 atom stereocenters. The zero-order valence-corrected chi connectivity index (χ0v) is 17.8. The number of fused-ring (bicyclic) bond motifs is 1. The number of nitrogens with one attached hydrogen (secondary N) is 2. The predicted molar refractivity (Wildman–Crippen MR) is 109 cm³/mol. The molecule has 0 aliphatic carbocycles. The van der Waals surface area contributed by atoms with Crippen LogP contribution in [0.5, 0.6) is 11.5 Å². The number of amides is 1. The van der Waals surface area contributed by atoms with E-state index in [2.05, 4.69) is 12.1 Å². The highest BCUT2D eigenvalue weighted by Gasteiger charge is 2.35. The van der Waals surface area contributed by atoms with Gasteiger partial charge in [0.25, 0.3) is 5.91 Å². The second-order valence-electron chi connectivity index (χ2n) is 8.39. The van der Waals surface area contributed by atoms with Crippen molar-refractivity contribution in [3.63, 3.8) is 0 Å². The summed E-state index contributed by atoms with van der Waals surface area (Å²) >= 11 is 0. The first-order chi connectivity index (χ1) is 14.6. The minimum absolute atomic E-state index is 0.0852. The van der Waals surface area contributed by atoms with Crippen LogP contribution in [-0.2, 0) is 20.9 Å². The van der Waals surface area contributed by atoms with Crippen molar-refractivity contribution in [1.82, 2.24) is 4.90 Å². The van der Waals surface area contributed by atoms with Crippen LogP contribution in [0.15, 0.2) is 18.2 Å². The standard InChI is InChI=1S/C22H31N3O5/c1-2-28-22(27)18-5-3-4-8-25(18)21(26)15-24-11-9-23(10-12-24)14-17-6-7-19-20(13-17)30-16-29-19/h6-7,13,18H,2-5,8-12,14-16H2,1H3/p+2/t18-/m1/s1. The van der Waals surface area contributed by atoms with Gasteiger partial charge in [0.05, 0.1) is 6.61 Å². The van der Waals surface area contributed by atoms with Gasteiger partial charge >= 0.3 is 5.97 Å². The van der Waals surface area contributed by atoms with E-state index >= 15 is 0 Å². The van der Waals surface area contributed by atoms with Crippen LogP contribution in [0.25, 0.3) is 0 Å². The number of carbonyl (C=O) groups excluding carboxylic acids is 2. The van der Waals surface area contributed by atoms with E-state index in [4.69, 9.17) is 14.2 Å². The van der Waals surface area contributed by atoms with Gasteiger partial charge in [-0.1, -0.05) is 0 Å². The van der Waals surface area contributed by atoms with E-state index in [1.54, 1.807) is 4.90 Å². The fourth-order valence-corrected chi connectivity index (χ4v) is 4.68. The van der Waals surface area contributed by atoms with Crippen molar-refractivity contribution >= 4 is 11.9 Å². The van der Waals surface area contributed by atoms with Crippen LogP contribution in [0.2, 0.25) is 0 Å². The number of piperidine rings is 1. The Labute approximate surface area is 177 Å². The first-order valence-corrected chi connectivity index (χ1v) is 11.2. The van der Waals surface area contributed by atoms with Gasteiger partial charge in [0.2, 0.25) is 6.79 Å². The van der Waals surface area contributed by atoms with Crippen LogP contribution < -0.4 is 19.3 Å². The number of likely N-dealkylation sites (tertiary alicyclic amines) is 1. The molecule has 3 aliphatic heterocycles. The lowest BCUT2D eigenvalue weighted by Gasteiger charge is -2.35. The minimum atomic E-state index is -0.400. The lowest BCUT2D eigenvalue weighted by atomic mass is 10.0. The maximum Gasteiger partial charge on any atom is 0.328 e. The van der Waals surface area contributed by atoms with E-state index in [0.29, 0.717) is 32.9 Å². The molecule has 0 aromatic heterocycles. The molecular weight excluding hydrogens is 386 g/mol.